The number of hydrogen-bond acceptors (Lipinski definition) is 3. The van der Waals surface area contributed by atoms with Crippen LogP contribution in [-0.4, -0.2) is 14.3 Å². The molecule has 0 fully saturated rings. The highest BCUT2D eigenvalue weighted by Crippen LogP contribution is 2.18. The minimum atomic E-state index is -3.73. The SMILES string of the molecule is CCc1ccccc1NC(=O)c1cccc(S(=O)(=O)NCc2ccccc2)c1. The van der Waals surface area contributed by atoms with Gasteiger partial charge >= 0.3 is 0 Å². The molecule has 144 valence electrons. The van der Waals surface area contributed by atoms with Gasteiger partial charge in [0.15, 0.2) is 0 Å². The molecule has 0 unspecified atom stereocenters. The van der Waals surface area contributed by atoms with Crippen molar-refractivity contribution in [2.75, 3.05) is 5.32 Å². The molecule has 0 aliphatic heterocycles. The fourth-order valence-corrected chi connectivity index (χ4v) is 3.87. The standard InChI is InChI=1S/C22H22N2O3S/c1-2-18-11-6-7-14-21(18)24-22(25)19-12-8-13-20(15-19)28(26,27)23-16-17-9-4-3-5-10-17/h3-15,23H,2,16H2,1H3,(H,24,25). The predicted octanol–water partition coefficient (Wildman–Crippen LogP) is 3.98. The van der Waals surface area contributed by atoms with Crippen molar-refractivity contribution in [2.24, 2.45) is 0 Å². The Kier molecular flexibility index (Phi) is 6.23. The smallest absolute Gasteiger partial charge is 0.255 e. The molecule has 0 bridgehead atoms. The van der Waals surface area contributed by atoms with Crippen molar-refractivity contribution in [3.63, 3.8) is 0 Å². The second-order valence-corrected chi connectivity index (χ2v) is 8.07. The maximum absolute atomic E-state index is 12.6. The molecule has 3 aromatic carbocycles. The number of carbonyl (C=O) groups is 1. The summed E-state index contributed by atoms with van der Waals surface area (Å²) in [6.45, 7) is 2.19. The lowest BCUT2D eigenvalue weighted by Gasteiger charge is -2.11. The average Bonchev–Trinajstić information content (AvgIpc) is 2.73. The molecule has 3 rings (SSSR count). The third-order valence-corrected chi connectivity index (χ3v) is 5.76. The predicted molar refractivity (Wildman–Crippen MR) is 111 cm³/mol. The topological polar surface area (TPSA) is 75.3 Å². The van der Waals surface area contributed by atoms with E-state index in [0.717, 1.165) is 23.2 Å². The molecule has 3 aromatic rings. The maximum Gasteiger partial charge on any atom is 0.255 e. The van der Waals surface area contributed by atoms with Crippen LogP contribution < -0.4 is 10.0 Å². The van der Waals surface area contributed by atoms with Crippen molar-refractivity contribution in [1.29, 1.82) is 0 Å². The molecular weight excluding hydrogens is 372 g/mol. The van der Waals surface area contributed by atoms with E-state index in [1.807, 2.05) is 61.5 Å². The molecule has 5 nitrogen and oxygen atoms in total. The molecule has 0 spiro atoms. The van der Waals surface area contributed by atoms with Crippen LogP contribution in [0.3, 0.4) is 0 Å². The zero-order chi connectivity index (χ0) is 20.0. The average molecular weight is 394 g/mol. The summed E-state index contributed by atoms with van der Waals surface area (Å²) >= 11 is 0. The van der Waals surface area contributed by atoms with E-state index in [2.05, 4.69) is 10.0 Å². The summed E-state index contributed by atoms with van der Waals surface area (Å²) in [5, 5.41) is 2.86. The van der Waals surface area contributed by atoms with Crippen molar-refractivity contribution in [2.45, 2.75) is 24.8 Å². The third kappa shape index (κ3) is 4.85. The van der Waals surface area contributed by atoms with Gasteiger partial charge in [-0.3, -0.25) is 4.79 Å². The van der Waals surface area contributed by atoms with E-state index in [-0.39, 0.29) is 22.9 Å². The highest BCUT2D eigenvalue weighted by Gasteiger charge is 2.16. The van der Waals surface area contributed by atoms with Crippen LogP contribution >= 0.6 is 0 Å². The van der Waals surface area contributed by atoms with Gasteiger partial charge in [0.2, 0.25) is 10.0 Å². The zero-order valence-corrected chi connectivity index (χ0v) is 16.4. The number of benzene rings is 3. The van der Waals surface area contributed by atoms with Crippen molar-refractivity contribution in [3.05, 3.63) is 95.6 Å². The van der Waals surface area contributed by atoms with Crippen LogP contribution in [0.4, 0.5) is 5.69 Å². The van der Waals surface area contributed by atoms with Gasteiger partial charge < -0.3 is 5.32 Å². The third-order valence-electron chi connectivity index (χ3n) is 4.36. The van der Waals surface area contributed by atoms with E-state index in [1.165, 1.54) is 12.1 Å². The Morgan fingerprint density at radius 1 is 0.893 bits per heavy atom. The molecule has 1 amide bonds. The number of nitrogens with one attached hydrogen (secondary N) is 2. The van der Waals surface area contributed by atoms with Gasteiger partial charge in [-0.05, 0) is 41.8 Å². The first-order chi connectivity index (χ1) is 13.5. The van der Waals surface area contributed by atoms with Crippen LogP contribution in [0.2, 0.25) is 0 Å². The number of aryl methyl sites for hydroxylation is 1. The van der Waals surface area contributed by atoms with Crippen LogP contribution in [0.15, 0.2) is 83.8 Å². The lowest BCUT2D eigenvalue weighted by atomic mass is 10.1. The molecule has 0 radical (unpaired) electrons. The largest absolute Gasteiger partial charge is 0.322 e. The Morgan fingerprint density at radius 3 is 2.36 bits per heavy atom. The van der Waals surface area contributed by atoms with Gasteiger partial charge in [0, 0.05) is 17.8 Å². The minimum Gasteiger partial charge on any atom is -0.322 e. The summed E-state index contributed by atoms with van der Waals surface area (Å²) in [6, 6.07) is 22.8. The van der Waals surface area contributed by atoms with E-state index in [9.17, 15) is 13.2 Å². The summed E-state index contributed by atoms with van der Waals surface area (Å²) in [5.41, 5.74) is 2.89. The molecule has 0 heterocycles. The molecule has 0 atom stereocenters. The van der Waals surface area contributed by atoms with E-state index in [4.69, 9.17) is 0 Å². The minimum absolute atomic E-state index is 0.0554. The lowest BCUT2D eigenvalue weighted by Crippen LogP contribution is -2.23. The summed E-state index contributed by atoms with van der Waals surface area (Å²) in [4.78, 5) is 12.7. The summed E-state index contributed by atoms with van der Waals surface area (Å²) in [7, 11) is -3.73. The molecule has 0 aliphatic carbocycles. The second kappa shape index (κ2) is 8.82. The van der Waals surface area contributed by atoms with Gasteiger partial charge in [0.25, 0.3) is 5.91 Å². The molecular formula is C22H22N2O3S. The van der Waals surface area contributed by atoms with E-state index in [1.54, 1.807) is 12.1 Å². The van der Waals surface area contributed by atoms with Crippen molar-refractivity contribution < 1.29 is 13.2 Å². The number of sulfonamides is 1. The fourth-order valence-electron chi connectivity index (χ4n) is 2.81. The van der Waals surface area contributed by atoms with Crippen LogP contribution in [0.5, 0.6) is 0 Å². The van der Waals surface area contributed by atoms with Gasteiger partial charge in [-0.2, -0.15) is 0 Å². The Balaban J connectivity index is 1.76. The molecule has 28 heavy (non-hydrogen) atoms. The van der Waals surface area contributed by atoms with Gasteiger partial charge in [-0.25, -0.2) is 13.1 Å². The maximum atomic E-state index is 12.6. The first-order valence-corrected chi connectivity index (χ1v) is 10.5. The van der Waals surface area contributed by atoms with Crippen molar-refractivity contribution in [1.82, 2.24) is 4.72 Å². The number of amides is 1. The Hall–Kier alpha value is -2.96. The highest BCUT2D eigenvalue weighted by atomic mass is 32.2. The Labute approximate surface area is 165 Å². The van der Waals surface area contributed by atoms with Crippen molar-refractivity contribution >= 4 is 21.6 Å². The molecule has 0 saturated heterocycles. The highest BCUT2D eigenvalue weighted by molar-refractivity contribution is 7.89. The number of para-hydroxylation sites is 1. The fraction of sp³-hybridized carbons (Fsp3) is 0.136. The van der Waals surface area contributed by atoms with Crippen LogP contribution in [-0.2, 0) is 23.0 Å². The molecule has 0 aromatic heterocycles. The lowest BCUT2D eigenvalue weighted by molar-refractivity contribution is 0.102. The normalized spacial score (nSPS) is 11.2. The van der Waals surface area contributed by atoms with Crippen LogP contribution in [0.1, 0.15) is 28.4 Å². The Bertz CT molecular complexity index is 1060. The van der Waals surface area contributed by atoms with Gasteiger partial charge in [0.05, 0.1) is 4.90 Å². The number of carbonyl (C=O) groups excluding carboxylic acids is 1. The summed E-state index contributed by atoms with van der Waals surface area (Å²) in [6.07, 6.45) is 0.786. The van der Waals surface area contributed by atoms with Gasteiger partial charge in [-0.1, -0.05) is 61.5 Å². The zero-order valence-electron chi connectivity index (χ0n) is 15.6. The van der Waals surface area contributed by atoms with E-state index < -0.39 is 10.0 Å². The second-order valence-electron chi connectivity index (χ2n) is 6.30. The first-order valence-electron chi connectivity index (χ1n) is 9.02. The number of hydrogen-bond donors (Lipinski definition) is 2. The van der Waals surface area contributed by atoms with Gasteiger partial charge in [-0.15, -0.1) is 0 Å². The molecule has 0 aliphatic rings. The summed E-state index contributed by atoms with van der Waals surface area (Å²) < 4.78 is 27.8. The van der Waals surface area contributed by atoms with E-state index in [0.29, 0.717) is 0 Å². The Morgan fingerprint density at radius 2 is 1.61 bits per heavy atom. The monoisotopic (exact) mass is 394 g/mol. The van der Waals surface area contributed by atoms with Crippen LogP contribution in [0.25, 0.3) is 0 Å². The molecule has 2 N–H and O–H groups in total. The van der Waals surface area contributed by atoms with E-state index >= 15 is 0 Å². The van der Waals surface area contributed by atoms with Crippen LogP contribution in [0, 0.1) is 0 Å². The quantitative estimate of drug-likeness (QED) is 0.636. The first kappa shape index (κ1) is 19.8. The molecule has 0 saturated carbocycles. The summed E-state index contributed by atoms with van der Waals surface area (Å²) in [5.74, 6) is -0.346. The number of anilines is 1. The van der Waals surface area contributed by atoms with Crippen molar-refractivity contribution in [3.8, 4) is 0 Å². The molecule has 6 heteroatoms. The number of rotatable bonds is 7. The van der Waals surface area contributed by atoms with Gasteiger partial charge in [0.1, 0.15) is 0 Å².